The van der Waals surface area contributed by atoms with E-state index in [0.717, 1.165) is 71.5 Å². The van der Waals surface area contributed by atoms with Crippen LogP contribution in [0.3, 0.4) is 0 Å². The van der Waals surface area contributed by atoms with Gasteiger partial charge in [-0.05, 0) is 72.3 Å². The first-order valence-electron chi connectivity index (χ1n) is 14.7. The number of nitrogens with zero attached hydrogens (tertiary/aromatic N) is 8. The van der Waals surface area contributed by atoms with Gasteiger partial charge in [0.05, 0.1) is 43.6 Å². The van der Waals surface area contributed by atoms with Crippen molar-refractivity contribution in [1.82, 2.24) is 33.9 Å². The van der Waals surface area contributed by atoms with E-state index in [9.17, 15) is 0 Å². The molecule has 0 aliphatic rings. The number of imidazole rings is 1. The standard InChI is InChI=1S/C34H24N10S2/c1-2-35-23-7-3-8-24(39-28-11-5-15-45-28)22(23)17-27-20-13-14-21-30(20)44-33(41-27)36-18-37-34(44)42-32(21)43-19-38-25-9-4-10-26(31(25)43)40-29-12-6-16-46-29/h2-16,18-19,39-40H,17H2,1H3/b35-2-. The van der Waals surface area contributed by atoms with E-state index in [1.54, 1.807) is 22.7 Å². The molecule has 222 valence electrons. The Hall–Kier alpha value is -5.72. The number of rotatable bonds is 8. The van der Waals surface area contributed by atoms with E-state index in [1.807, 2.05) is 64.8 Å². The van der Waals surface area contributed by atoms with Crippen molar-refractivity contribution in [3.05, 3.63) is 107 Å². The molecule has 0 saturated carbocycles. The van der Waals surface area contributed by atoms with E-state index in [4.69, 9.17) is 19.9 Å². The topological polar surface area (TPSA) is 110 Å². The zero-order valence-corrected chi connectivity index (χ0v) is 26.0. The van der Waals surface area contributed by atoms with Crippen LogP contribution in [0.1, 0.15) is 18.2 Å². The van der Waals surface area contributed by atoms with Crippen LogP contribution in [0.2, 0.25) is 0 Å². The van der Waals surface area contributed by atoms with Crippen molar-refractivity contribution >= 4 is 94.8 Å². The van der Waals surface area contributed by atoms with Gasteiger partial charge in [-0.2, -0.15) is 4.98 Å². The highest BCUT2D eigenvalue weighted by Gasteiger charge is 2.22. The number of aliphatic imine (C=N–C) groups is 1. The minimum absolute atomic E-state index is 0.518. The summed E-state index contributed by atoms with van der Waals surface area (Å²) in [6.07, 6.45) is 5.73. The summed E-state index contributed by atoms with van der Waals surface area (Å²) < 4.78 is 3.99. The molecule has 0 spiro atoms. The molecule has 0 fully saturated rings. The first kappa shape index (κ1) is 26.7. The molecule has 10 nitrogen and oxygen atoms in total. The van der Waals surface area contributed by atoms with Crippen molar-refractivity contribution < 1.29 is 0 Å². The molecule has 0 unspecified atom stereocenters. The third-order valence-electron chi connectivity index (χ3n) is 8.01. The lowest BCUT2D eigenvalue weighted by Gasteiger charge is -2.16. The second kappa shape index (κ2) is 10.7. The van der Waals surface area contributed by atoms with Gasteiger partial charge in [-0.3, -0.25) is 9.56 Å². The molecular weight excluding hydrogens is 613 g/mol. The smallest absolute Gasteiger partial charge is 0.240 e. The maximum absolute atomic E-state index is 5.08. The molecule has 3 aromatic carbocycles. The molecule has 0 aliphatic carbocycles. The zero-order chi connectivity index (χ0) is 30.6. The molecule has 0 radical (unpaired) electrons. The number of aromatic nitrogens is 7. The van der Waals surface area contributed by atoms with Crippen LogP contribution >= 0.6 is 22.7 Å². The zero-order valence-electron chi connectivity index (χ0n) is 24.4. The Morgan fingerprint density at radius 2 is 1.50 bits per heavy atom. The molecule has 2 N–H and O–H groups in total. The molecule has 0 aliphatic heterocycles. The number of hydrogen-bond acceptors (Lipinski definition) is 10. The SMILES string of the molecule is C/C=N\c1cccc(Nc2cccs2)c1Cc1nc2ncnc3nc(-n4cnc5cccc(Nc6cccs6)c54)c4ccc1c4n23. The lowest BCUT2D eigenvalue weighted by molar-refractivity contribution is 0.962. The summed E-state index contributed by atoms with van der Waals surface area (Å²) in [5, 5.41) is 15.4. The van der Waals surface area contributed by atoms with Crippen LogP contribution in [0.4, 0.5) is 27.1 Å². The summed E-state index contributed by atoms with van der Waals surface area (Å²) in [6.45, 7) is 1.93. The van der Waals surface area contributed by atoms with E-state index in [2.05, 4.69) is 67.8 Å². The van der Waals surface area contributed by atoms with Crippen LogP contribution in [0.15, 0.2) is 101 Å². The van der Waals surface area contributed by atoms with Gasteiger partial charge in [0, 0.05) is 34.7 Å². The monoisotopic (exact) mass is 636 g/mol. The summed E-state index contributed by atoms with van der Waals surface area (Å²) in [5.74, 6) is 1.80. The van der Waals surface area contributed by atoms with Gasteiger partial charge in [0.25, 0.3) is 0 Å². The molecule has 9 aromatic rings. The van der Waals surface area contributed by atoms with Crippen LogP contribution in [-0.2, 0) is 6.42 Å². The molecule has 0 bridgehead atoms. The third kappa shape index (κ3) is 4.30. The van der Waals surface area contributed by atoms with Crippen molar-refractivity contribution in [2.24, 2.45) is 4.99 Å². The van der Waals surface area contributed by atoms with Crippen LogP contribution in [0.25, 0.3) is 44.7 Å². The first-order chi connectivity index (χ1) is 22.7. The Morgan fingerprint density at radius 1 is 0.761 bits per heavy atom. The average Bonchev–Trinajstić information content (AvgIpc) is 3.90. The Morgan fingerprint density at radius 3 is 2.28 bits per heavy atom. The quantitative estimate of drug-likeness (QED) is 0.161. The van der Waals surface area contributed by atoms with Crippen LogP contribution in [-0.4, -0.2) is 40.1 Å². The maximum atomic E-state index is 5.08. The van der Waals surface area contributed by atoms with Gasteiger partial charge in [0.1, 0.15) is 12.7 Å². The Labute approximate surface area is 270 Å². The molecule has 0 atom stereocenters. The lowest BCUT2D eigenvalue weighted by Crippen LogP contribution is -2.09. The lowest BCUT2D eigenvalue weighted by atomic mass is 10.0. The summed E-state index contributed by atoms with van der Waals surface area (Å²) in [5.41, 5.74) is 7.57. The molecule has 6 heterocycles. The summed E-state index contributed by atoms with van der Waals surface area (Å²) in [7, 11) is 0. The summed E-state index contributed by atoms with van der Waals surface area (Å²) in [4.78, 5) is 28.8. The van der Waals surface area contributed by atoms with Crippen LogP contribution in [0, 0.1) is 0 Å². The fourth-order valence-electron chi connectivity index (χ4n) is 6.07. The number of anilines is 4. The van der Waals surface area contributed by atoms with Crippen LogP contribution < -0.4 is 10.6 Å². The van der Waals surface area contributed by atoms with E-state index in [0.29, 0.717) is 18.0 Å². The highest BCUT2D eigenvalue weighted by Crippen LogP contribution is 2.38. The van der Waals surface area contributed by atoms with Gasteiger partial charge < -0.3 is 10.6 Å². The number of benzene rings is 2. The predicted octanol–water partition coefficient (Wildman–Crippen LogP) is 8.53. The van der Waals surface area contributed by atoms with E-state index >= 15 is 0 Å². The molecule has 9 rings (SSSR count). The number of hydrogen-bond donors (Lipinski definition) is 2. The van der Waals surface area contributed by atoms with E-state index < -0.39 is 0 Å². The normalized spacial score (nSPS) is 12.0. The fraction of sp³-hybridized carbons (Fsp3) is 0.0588. The van der Waals surface area contributed by atoms with Gasteiger partial charge in [-0.15, -0.1) is 22.7 Å². The molecule has 0 amide bonds. The third-order valence-corrected chi connectivity index (χ3v) is 9.58. The van der Waals surface area contributed by atoms with E-state index in [1.165, 1.54) is 6.33 Å². The van der Waals surface area contributed by atoms with Crippen molar-refractivity contribution in [2.45, 2.75) is 13.3 Å². The molecule has 12 heteroatoms. The van der Waals surface area contributed by atoms with Crippen molar-refractivity contribution in [3.63, 3.8) is 0 Å². The molecule has 0 saturated heterocycles. The second-order valence-electron chi connectivity index (χ2n) is 10.7. The highest BCUT2D eigenvalue weighted by molar-refractivity contribution is 7.14. The average molecular weight is 637 g/mol. The van der Waals surface area contributed by atoms with Crippen molar-refractivity contribution in [1.29, 1.82) is 0 Å². The number of fused-ring (bicyclic) bond motifs is 1. The van der Waals surface area contributed by atoms with E-state index in [-0.39, 0.29) is 0 Å². The maximum Gasteiger partial charge on any atom is 0.240 e. The summed E-state index contributed by atoms with van der Waals surface area (Å²) in [6, 6.07) is 24.7. The van der Waals surface area contributed by atoms with Gasteiger partial charge >= 0.3 is 0 Å². The minimum Gasteiger partial charge on any atom is -0.347 e. The molecular formula is C34H24N10S2. The molecule has 6 aromatic heterocycles. The van der Waals surface area contributed by atoms with Gasteiger partial charge in [0.2, 0.25) is 11.6 Å². The van der Waals surface area contributed by atoms with Gasteiger partial charge in [-0.1, -0.05) is 18.2 Å². The Balaban J connectivity index is 1.25. The van der Waals surface area contributed by atoms with Gasteiger partial charge in [0.15, 0.2) is 5.82 Å². The number of thiophene rings is 2. The first-order valence-corrected chi connectivity index (χ1v) is 16.4. The number of para-hydroxylation sites is 1. The van der Waals surface area contributed by atoms with Crippen molar-refractivity contribution in [2.75, 3.05) is 10.6 Å². The minimum atomic E-state index is 0.518. The Kier molecular flexibility index (Phi) is 6.21. The van der Waals surface area contributed by atoms with Crippen LogP contribution in [0.5, 0.6) is 0 Å². The van der Waals surface area contributed by atoms with Crippen molar-refractivity contribution in [3.8, 4) is 5.82 Å². The number of nitrogens with one attached hydrogen (secondary N) is 2. The summed E-state index contributed by atoms with van der Waals surface area (Å²) >= 11 is 3.31. The molecule has 46 heavy (non-hydrogen) atoms. The largest absolute Gasteiger partial charge is 0.347 e. The second-order valence-corrected chi connectivity index (χ2v) is 12.6. The predicted molar refractivity (Wildman–Crippen MR) is 188 cm³/mol. The van der Waals surface area contributed by atoms with Gasteiger partial charge in [-0.25, -0.2) is 24.3 Å². The highest BCUT2D eigenvalue weighted by atomic mass is 32.1. The fourth-order valence-corrected chi connectivity index (χ4v) is 7.33. The Bertz CT molecular complexity index is 2530.